The van der Waals surface area contributed by atoms with Crippen LogP contribution in [0.2, 0.25) is 0 Å². The van der Waals surface area contributed by atoms with E-state index in [4.69, 9.17) is 17.2 Å². The third-order valence-electron chi connectivity index (χ3n) is 8.80. The number of aryl methyl sites for hydroxylation is 1. The van der Waals surface area contributed by atoms with Gasteiger partial charge in [-0.05, 0) is 49.8 Å². The van der Waals surface area contributed by atoms with Gasteiger partial charge in [-0.3, -0.25) is 38.6 Å². The molecule has 1 aliphatic heterocycles. The van der Waals surface area contributed by atoms with Crippen LogP contribution in [0.3, 0.4) is 0 Å². The second kappa shape index (κ2) is 23.5. The highest BCUT2D eigenvalue weighted by Gasteiger charge is 2.32. The first-order chi connectivity index (χ1) is 27.2. The fourth-order valence-electron chi connectivity index (χ4n) is 5.68. The van der Waals surface area contributed by atoms with Gasteiger partial charge in [-0.2, -0.15) is 0 Å². The Bertz CT molecular complexity index is 1840. The number of amides is 7. The first-order valence-corrected chi connectivity index (χ1v) is 20.8. The summed E-state index contributed by atoms with van der Waals surface area (Å²) in [6.07, 6.45) is 9.88. The maximum atomic E-state index is 13.8. The molecule has 0 saturated carbocycles. The zero-order chi connectivity index (χ0) is 41.9. The Morgan fingerprint density at radius 3 is 2.33 bits per heavy atom. The minimum Gasteiger partial charge on any atom is -0.370 e. The summed E-state index contributed by atoms with van der Waals surface area (Å²) in [7, 11) is 3.68. The first kappa shape index (κ1) is 45.9. The summed E-state index contributed by atoms with van der Waals surface area (Å²) in [5.74, 6) is -4.63. The van der Waals surface area contributed by atoms with Crippen molar-refractivity contribution < 1.29 is 33.6 Å². The number of aliphatic imine (C=N–C) groups is 1. The molecule has 0 radical (unpaired) electrons. The molecule has 1 aromatic carbocycles. The number of benzene rings is 1. The summed E-state index contributed by atoms with van der Waals surface area (Å²) >= 11 is 0. The number of hydrogen-bond donors (Lipinski definition) is 9. The third kappa shape index (κ3) is 15.9. The molecule has 1 aromatic heterocycles. The summed E-state index contributed by atoms with van der Waals surface area (Å²) in [5, 5.41) is 14.0. The van der Waals surface area contributed by atoms with Crippen molar-refractivity contribution in [3.05, 3.63) is 59.8 Å². The Balaban J connectivity index is 0.000000743. The molecular weight excluding hydrogens is 775 g/mol. The van der Waals surface area contributed by atoms with Crippen LogP contribution in [-0.4, -0.2) is 120 Å². The summed E-state index contributed by atoms with van der Waals surface area (Å²) < 4.78 is 0. The Hall–Kier alpha value is -5.50. The maximum Gasteiger partial charge on any atom is 0.243 e. The van der Waals surface area contributed by atoms with Crippen LogP contribution >= 0.6 is 21.6 Å². The normalized spacial score (nSPS) is 21.7. The molecule has 310 valence electrons. The molecule has 2 heterocycles. The molecule has 1 saturated heterocycles. The number of rotatable bonds is 8. The van der Waals surface area contributed by atoms with Crippen LogP contribution in [0.5, 0.6) is 0 Å². The van der Waals surface area contributed by atoms with Gasteiger partial charge < -0.3 is 53.7 Å². The van der Waals surface area contributed by atoms with E-state index >= 15 is 0 Å². The SMILES string of the molecule is CC(=O)NC1CSSCC(C(N)=O)NC(=O)CNC(=O)[C@H](CCCN=C(N)N)NC(=O)C(CC2=CCCC=C2)N(C)C(=O)CNC1=O.Cc1c[nH]c2ccccc12. The van der Waals surface area contributed by atoms with Gasteiger partial charge in [-0.1, -0.05) is 58.0 Å². The zero-order valence-corrected chi connectivity index (χ0v) is 33.9. The van der Waals surface area contributed by atoms with Crippen molar-refractivity contribution in [3.63, 3.8) is 0 Å². The van der Waals surface area contributed by atoms with Crippen molar-refractivity contribution >= 4 is 79.8 Å². The van der Waals surface area contributed by atoms with Crippen LogP contribution in [0, 0.1) is 6.92 Å². The average Bonchev–Trinajstić information content (AvgIpc) is 3.56. The third-order valence-corrected chi connectivity index (χ3v) is 11.2. The molecule has 0 spiro atoms. The van der Waals surface area contributed by atoms with Crippen molar-refractivity contribution in [1.29, 1.82) is 0 Å². The van der Waals surface area contributed by atoms with Crippen LogP contribution in [0.25, 0.3) is 10.9 Å². The van der Waals surface area contributed by atoms with E-state index in [9.17, 15) is 33.6 Å². The lowest BCUT2D eigenvalue weighted by Gasteiger charge is -2.30. The van der Waals surface area contributed by atoms with E-state index in [0.717, 1.165) is 40.0 Å². The van der Waals surface area contributed by atoms with Gasteiger partial charge in [0.15, 0.2) is 5.96 Å². The van der Waals surface area contributed by atoms with Gasteiger partial charge in [0.1, 0.15) is 24.2 Å². The van der Waals surface area contributed by atoms with Crippen LogP contribution in [0.1, 0.15) is 44.6 Å². The second-order valence-corrected chi connectivity index (χ2v) is 15.8. The number of nitrogens with one attached hydrogen (secondary N) is 6. The molecule has 18 nitrogen and oxygen atoms in total. The second-order valence-electron chi connectivity index (χ2n) is 13.3. The van der Waals surface area contributed by atoms with Gasteiger partial charge in [0.2, 0.25) is 41.4 Å². The lowest BCUT2D eigenvalue weighted by Crippen LogP contribution is -2.56. The van der Waals surface area contributed by atoms with Crippen LogP contribution in [0.4, 0.5) is 0 Å². The van der Waals surface area contributed by atoms with E-state index in [1.807, 2.05) is 30.5 Å². The average molecular weight is 828 g/mol. The van der Waals surface area contributed by atoms with Crippen LogP contribution < -0.4 is 43.8 Å². The number of primary amides is 1. The van der Waals surface area contributed by atoms with Crippen molar-refractivity contribution in [2.24, 2.45) is 22.2 Å². The Morgan fingerprint density at radius 1 is 0.947 bits per heavy atom. The molecule has 1 aliphatic carbocycles. The molecule has 7 amide bonds. The van der Waals surface area contributed by atoms with Crippen molar-refractivity contribution in [3.8, 4) is 0 Å². The number of carbonyl (C=O) groups is 7. The van der Waals surface area contributed by atoms with Crippen molar-refractivity contribution in [2.45, 2.75) is 70.1 Å². The number of para-hydroxylation sites is 1. The highest BCUT2D eigenvalue weighted by molar-refractivity contribution is 8.76. The number of hydrogen-bond acceptors (Lipinski definition) is 10. The quantitative estimate of drug-likeness (QED) is 0.0714. The van der Waals surface area contributed by atoms with E-state index in [1.54, 1.807) is 0 Å². The van der Waals surface area contributed by atoms with Gasteiger partial charge in [0, 0.05) is 55.5 Å². The van der Waals surface area contributed by atoms with Gasteiger partial charge in [-0.15, -0.1) is 0 Å². The topological polar surface area (TPSA) is 289 Å². The van der Waals surface area contributed by atoms with Crippen LogP contribution in [0.15, 0.2) is 59.3 Å². The Morgan fingerprint density at radius 2 is 1.67 bits per heavy atom. The molecular formula is C37H53N11O7S2. The number of fused-ring (bicyclic) bond motifs is 1. The number of H-pyrrole nitrogens is 1. The Kier molecular flexibility index (Phi) is 19.0. The largest absolute Gasteiger partial charge is 0.370 e. The molecule has 3 unspecified atom stereocenters. The molecule has 57 heavy (non-hydrogen) atoms. The molecule has 4 rings (SSSR count). The monoisotopic (exact) mass is 827 g/mol. The summed E-state index contributed by atoms with van der Waals surface area (Å²) in [4.78, 5) is 98.0. The zero-order valence-electron chi connectivity index (χ0n) is 32.3. The minimum absolute atomic E-state index is 0.0217. The van der Waals surface area contributed by atoms with Gasteiger partial charge in [-0.25, -0.2) is 0 Å². The summed E-state index contributed by atoms with van der Waals surface area (Å²) in [6.45, 7) is 2.52. The number of carbonyl (C=O) groups excluding carboxylic acids is 7. The molecule has 2 aromatic rings. The highest BCUT2D eigenvalue weighted by atomic mass is 33.1. The standard InChI is InChI=1S/C28H44N10O7S2.C9H9N/c1-16(39)35-20-15-47-46-14-19(24(29)42)36-22(40)12-33-25(43)18(9-6-10-32-28(30)31)37-27(45)21(11-17-7-4-3-5-8-17)38(2)23(41)13-34-26(20)44;1-7-6-10-9-5-3-2-4-8(7)9/h4,7-8,18-21H,3,5-6,9-15H2,1-2H3,(H2,29,42)(H,33,43)(H,34,44)(H,35,39)(H,36,40)(H,37,45)(H4,30,31,32);2-6,10H,1H3/t18-,19?,20?,21?;/m0./s1. The molecule has 2 aliphatic rings. The molecule has 20 heteroatoms. The highest BCUT2D eigenvalue weighted by Crippen LogP contribution is 2.23. The summed E-state index contributed by atoms with van der Waals surface area (Å²) in [5.41, 5.74) is 19.6. The van der Waals surface area contributed by atoms with Crippen molar-refractivity contribution in [2.75, 3.05) is 38.2 Å². The van der Waals surface area contributed by atoms with E-state index in [2.05, 4.69) is 61.7 Å². The molecule has 4 atom stereocenters. The van der Waals surface area contributed by atoms with E-state index < -0.39 is 78.6 Å². The van der Waals surface area contributed by atoms with Crippen LogP contribution in [-0.2, 0) is 33.6 Å². The smallest absolute Gasteiger partial charge is 0.243 e. The fraction of sp³-hybridized carbons (Fsp3) is 0.459. The minimum atomic E-state index is -1.14. The van der Waals surface area contributed by atoms with Crippen molar-refractivity contribution in [1.82, 2.24) is 36.5 Å². The number of guanidine groups is 1. The predicted octanol–water partition coefficient (Wildman–Crippen LogP) is -0.403. The lowest BCUT2D eigenvalue weighted by molar-refractivity contribution is -0.140. The van der Waals surface area contributed by atoms with E-state index in [1.165, 1.54) is 35.3 Å². The number of aromatic amines is 1. The number of likely N-dealkylation sites (N-methyl/N-ethyl adjacent to an activating group) is 1. The maximum absolute atomic E-state index is 13.8. The fourth-order valence-corrected chi connectivity index (χ4v) is 8.02. The number of nitrogens with zero attached hydrogens (tertiary/aromatic N) is 2. The molecule has 0 bridgehead atoms. The Labute approximate surface area is 339 Å². The number of nitrogens with two attached hydrogens (primary N) is 3. The van der Waals surface area contributed by atoms with Gasteiger partial charge in [0.05, 0.1) is 13.1 Å². The number of aromatic nitrogens is 1. The lowest BCUT2D eigenvalue weighted by atomic mass is 9.98. The van der Waals surface area contributed by atoms with Gasteiger partial charge in [0.25, 0.3) is 0 Å². The first-order valence-electron chi connectivity index (χ1n) is 18.3. The molecule has 1 fully saturated rings. The van der Waals surface area contributed by atoms with Gasteiger partial charge >= 0.3 is 0 Å². The predicted molar refractivity (Wildman–Crippen MR) is 222 cm³/mol. The van der Waals surface area contributed by atoms with E-state index in [0.29, 0.717) is 0 Å². The van der Waals surface area contributed by atoms with E-state index in [-0.39, 0.29) is 43.3 Å². The number of allylic oxidation sites excluding steroid dienone is 3. The summed E-state index contributed by atoms with van der Waals surface area (Å²) in [6, 6.07) is 3.95. The molecule has 12 N–H and O–H groups in total.